The Morgan fingerprint density at radius 1 is 0.273 bits per heavy atom. The smallest absolute Gasteiger partial charge is 0.0662 e. The first-order valence-corrected chi connectivity index (χ1v) is 5.63. The van der Waals surface area contributed by atoms with Crippen molar-refractivity contribution in [2.75, 3.05) is 13.2 Å². The van der Waals surface area contributed by atoms with Crippen LogP contribution in [-0.2, 0) is 0 Å². The van der Waals surface area contributed by atoms with Gasteiger partial charge in [-0.15, -0.1) is 118 Å². The molecule has 0 aliphatic heterocycles. The zero-order valence-electron chi connectivity index (χ0n) is 15.0. The van der Waals surface area contributed by atoms with Crippen molar-refractivity contribution in [2.45, 2.75) is 0 Å². The van der Waals surface area contributed by atoms with E-state index in [2.05, 4.69) is 118 Å². The second-order valence-electron chi connectivity index (χ2n) is 0.447. The molecule has 2 nitrogen and oxygen atoms in total. The standard InChI is InChI=1S/C2H6O2.9C2H4/c3-1-2-4;9*1-2/h3-4H,1-2H2;9*1-2H2. The molecular weight excluding hydrogens is 272 g/mol. The van der Waals surface area contributed by atoms with Crippen molar-refractivity contribution in [2.24, 2.45) is 0 Å². The monoisotopic (exact) mass is 314 g/mol. The number of aliphatic hydroxyl groups excluding tert-OH is 2. The number of aliphatic hydroxyl groups is 2. The third-order valence-corrected chi connectivity index (χ3v) is 0.1000. The van der Waals surface area contributed by atoms with E-state index in [-0.39, 0.29) is 13.2 Å². The Morgan fingerprint density at radius 2 is 0.318 bits per heavy atom. The SMILES string of the molecule is C=C.C=C.C=C.C=C.C=C.C=C.C=C.C=C.C=C.OCCO. The average Bonchev–Trinajstić information content (AvgIpc) is 2.75. The van der Waals surface area contributed by atoms with Gasteiger partial charge in [-0.2, -0.15) is 0 Å². The van der Waals surface area contributed by atoms with Gasteiger partial charge in [0.05, 0.1) is 13.2 Å². The Morgan fingerprint density at radius 3 is 0.318 bits per heavy atom. The highest BCUT2D eigenvalue weighted by atomic mass is 16.3. The van der Waals surface area contributed by atoms with Gasteiger partial charge in [-0.05, 0) is 0 Å². The summed E-state index contributed by atoms with van der Waals surface area (Å²) in [4.78, 5) is 0. The zero-order valence-corrected chi connectivity index (χ0v) is 15.0. The molecule has 0 amide bonds. The minimum atomic E-state index is -0.125. The van der Waals surface area contributed by atoms with Crippen LogP contribution < -0.4 is 0 Å². The molecule has 0 rings (SSSR count). The van der Waals surface area contributed by atoms with E-state index >= 15 is 0 Å². The van der Waals surface area contributed by atoms with Crippen molar-refractivity contribution in [3.63, 3.8) is 0 Å². The molecule has 0 aliphatic carbocycles. The van der Waals surface area contributed by atoms with Crippen molar-refractivity contribution in [1.82, 2.24) is 0 Å². The van der Waals surface area contributed by atoms with Crippen LogP contribution in [0.3, 0.4) is 0 Å². The van der Waals surface area contributed by atoms with Gasteiger partial charge in [-0.25, -0.2) is 0 Å². The van der Waals surface area contributed by atoms with Crippen LogP contribution in [0.5, 0.6) is 0 Å². The Kier molecular flexibility index (Phi) is 109000. The lowest BCUT2D eigenvalue weighted by molar-refractivity contribution is 0.186. The number of hydrogen-bond acceptors (Lipinski definition) is 2. The van der Waals surface area contributed by atoms with Gasteiger partial charge in [0.1, 0.15) is 0 Å². The van der Waals surface area contributed by atoms with Gasteiger partial charge in [0, 0.05) is 0 Å². The van der Waals surface area contributed by atoms with Crippen LogP contribution in [0.4, 0.5) is 0 Å². The molecule has 2 heteroatoms. The lowest BCUT2D eigenvalue weighted by atomic mass is 10.8. The summed E-state index contributed by atoms with van der Waals surface area (Å²) >= 11 is 0. The maximum absolute atomic E-state index is 7.62. The summed E-state index contributed by atoms with van der Waals surface area (Å²) in [5.41, 5.74) is 0. The summed E-state index contributed by atoms with van der Waals surface area (Å²) in [6.07, 6.45) is 0. The molecule has 0 fully saturated rings. The summed E-state index contributed by atoms with van der Waals surface area (Å²) in [5, 5.41) is 15.2. The molecular formula is C20H42O2. The van der Waals surface area contributed by atoms with Gasteiger partial charge < -0.3 is 10.2 Å². The first-order chi connectivity index (χ1) is 10.9. The second-order valence-corrected chi connectivity index (χ2v) is 0.447. The summed E-state index contributed by atoms with van der Waals surface area (Å²) in [6.45, 7) is 53.8. The van der Waals surface area contributed by atoms with Crippen LogP contribution >= 0.6 is 0 Å². The lowest BCUT2D eigenvalue weighted by Gasteiger charge is -1.70. The predicted molar refractivity (Wildman–Crippen MR) is 115 cm³/mol. The molecule has 0 aromatic carbocycles. The molecule has 0 aliphatic rings. The van der Waals surface area contributed by atoms with E-state index < -0.39 is 0 Å². The largest absolute Gasteiger partial charge is 0.394 e. The van der Waals surface area contributed by atoms with E-state index in [1.165, 1.54) is 0 Å². The van der Waals surface area contributed by atoms with Gasteiger partial charge in [-0.1, -0.05) is 0 Å². The van der Waals surface area contributed by atoms with Crippen LogP contribution in [0.15, 0.2) is 118 Å². The van der Waals surface area contributed by atoms with Crippen molar-refractivity contribution in [1.29, 1.82) is 0 Å². The minimum Gasteiger partial charge on any atom is -0.394 e. The van der Waals surface area contributed by atoms with Crippen LogP contribution in [-0.4, -0.2) is 23.4 Å². The van der Waals surface area contributed by atoms with E-state index in [4.69, 9.17) is 10.2 Å². The van der Waals surface area contributed by atoms with Crippen molar-refractivity contribution < 1.29 is 10.2 Å². The Balaban J connectivity index is -0.00000000925. The fraction of sp³-hybridized carbons (Fsp3) is 0.100. The van der Waals surface area contributed by atoms with E-state index in [1.54, 1.807) is 0 Å². The number of hydrogen-bond donors (Lipinski definition) is 2. The van der Waals surface area contributed by atoms with Gasteiger partial charge in [0.2, 0.25) is 0 Å². The van der Waals surface area contributed by atoms with Gasteiger partial charge >= 0.3 is 0 Å². The van der Waals surface area contributed by atoms with Crippen LogP contribution in [0.25, 0.3) is 0 Å². The molecule has 0 bridgehead atoms. The molecule has 0 unspecified atom stereocenters. The fourth-order valence-corrected chi connectivity index (χ4v) is 0. The summed E-state index contributed by atoms with van der Waals surface area (Å²) in [6, 6.07) is 0. The minimum absolute atomic E-state index is 0.125. The Labute approximate surface area is 142 Å². The van der Waals surface area contributed by atoms with Crippen molar-refractivity contribution in [3.8, 4) is 0 Å². The third kappa shape index (κ3) is 2400. The highest BCUT2D eigenvalue weighted by molar-refractivity contribution is 4.24. The first-order valence-electron chi connectivity index (χ1n) is 5.63. The first kappa shape index (κ1) is 73.7. The average molecular weight is 315 g/mol. The van der Waals surface area contributed by atoms with Gasteiger partial charge in [-0.3, -0.25) is 0 Å². The highest BCUT2D eigenvalue weighted by Crippen LogP contribution is 1.39. The molecule has 0 heterocycles. The molecule has 0 aromatic heterocycles. The van der Waals surface area contributed by atoms with Crippen LogP contribution in [0.2, 0.25) is 0 Å². The molecule has 0 radical (unpaired) electrons. The second kappa shape index (κ2) is 32600. The van der Waals surface area contributed by atoms with E-state index in [0.29, 0.717) is 0 Å². The zero-order chi connectivity index (χ0) is 21.4. The van der Waals surface area contributed by atoms with Crippen LogP contribution in [0.1, 0.15) is 0 Å². The number of rotatable bonds is 1. The topological polar surface area (TPSA) is 40.5 Å². The summed E-state index contributed by atoms with van der Waals surface area (Å²) in [5.74, 6) is 0. The molecule has 0 aromatic rings. The quantitative estimate of drug-likeness (QED) is 0.566. The van der Waals surface area contributed by atoms with Crippen molar-refractivity contribution in [3.05, 3.63) is 118 Å². The molecule has 22 heavy (non-hydrogen) atoms. The summed E-state index contributed by atoms with van der Waals surface area (Å²) < 4.78 is 0. The van der Waals surface area contributed by atoms with Gasteiger partial charge in [0.15, 0.2) is 0 Å². The molecule has 0 spiro atoms. The highest BCUT2D eigenvalue weighted by Gasteiger charge is 1.58. The Hall–Kier alpha value is -2.42. The molecule has 2 N–H and O–H groups in total. The summed E-state index contributed by atoms with van der Waals surface area (Å²) in [7, 11) is 0. The maximum atomic E-state index is 7.62. The molecule has 0 atom stereocenters. The molecule has 0 saturated heterocycles. The van der Waals surface area contributed by atoms with E-state index in [0.717, 1.165) is 0 Å². The van der Waals surface area contributed by atoms with E-state index in [9.17, 15) is 0 Å². The maximum Gasteiger partial charge on any atom is 0.0662 e. The lowest BCUT2D eigenvalue weighted by Crippen LogP contribution is -1.85. The van der Waals surface area contributed by atoms with E-state index in [1.807, 2.05) is 0 Å². The van der Waals surface area contributed by atoms with Crippen molar-refractivity contribution >= 4 is 0 Å². The fourth-order valence-electron chi connectivity index (χ4n) is 0. The normalized spacial score (nSPS) is 3.00. The molecule has 134 valence electrons. The third-order valence-electron chi connectivity index (χ3n) is 0.1000. The molecule has 0 saturated carbocycles. The van der Waals surface area contributed by atoms with Gasteiger partial charge in [0.25, 0.3) is 0 Å². The van der Waals surface area contributed by atoms with Crippen LogP contribution in [0, 0.1) is 0 Å². The predicted octanol–water partition coefficient (Wildman–Crippen LogP) is 6.19. The Bertz CT molecular complexity index is 55.2.